The molecule has 1 unspecified atom stereocenters. The van der Waals surface area contributed by atoms with Gasteiger partial charge in [0.1, 0.15) is 5.52 Å². The Morgan fingerprint density at radius 2 is 2.05 bits per heavy atom. The first-order valence-electron chi connectivity index (χ1n) is 6.33. The van der Waals surface area contributed by atoms with Crippen LogP contribution in [0, 0.1) is 0 Å². The molecule has 0 bridgehead atoms. The number of rotatable bonds is 4. The lowest BCUT2D eigenvalue weighted by Gasteiger charge is -2.21. The van der Waals surface area contributed by atoms with E-state index < -0.39 is 9.84 Å². The van der Waals surface area contributed by atoms with Crippen molar-refractivity contribution in [1.29, 1.82) is 0 Å². The van der Waals surface area contributed by atoms with E-state index in [9.17, 15) is 8.42 Å². The maximum Gasteiger partial charge on any atom is 0.201 e. The Bertz CT molecular complexity index is 734. The molecule has 0 saturated carbocycles. The normalized spacial score (nSPS) is 14.1. The van der Waals surface area contributed by atoms with Crippen molar-refractivity contribution in [3.63, 3.8) is 0 Å². The summed E-state index contributed by atoms with van der Waals surface area (Å²) < 4.78 is 25.5. The van der Waals surface area contributed by atoms with Crippen LogP contribution in [0.1, 0.15) is 6.92 Å². The zero-order chi connectivity index (χ0) is 15.1. The first-order chi connectivity index (χ1) is 9.21. The molecule has 1 aromatic heterocycles. The Balaban J connectivity index is 2.61. The summed E-state index contributed by atoms with van der Waals surface area (Å²) in [4.78, 5) is 6.53. The van der Waals surface area contributed by atoms with Crippen molar-refractivity contribution in [2.45, 2.75) is 24.4 Å². The molecule has 1 atom stereocenters. The lowest BCUT2D eigenvalue weighted by Crippen LogP contribution is -2.29. The van der Waals surface area contributed by atoms with Gasteiger partial charge < -0.3 is 15.2 Å². The van der Waals surface area contributed by atoms with Crippen LogP contribution in [0.3, 0.4) is 0 Å². The molecule has 110 valence electrons. The Kier molecular flexibility index (Phi) is 3.75. The molecule has 0 spiro atoms. The number of benzene rings is 1. The zero-order valence-corrected chi connectivity index (χ0v) is 13.0. The number of sulfone groups is 1. The van der Waals surface area contributed by atoms with Crippen molar-refractivity contribution >= 4 is 26.8 Å². The second-order valence-corrected chi connectivity index (χ2v) is 7.27. The SMILES string of the molecule is CC(Cn1c(N)nc2c(S(C)(=O)=O)cccc21)N(C)C. The molecule has 1 aromatic carbocycles. The molecule has 0 amide bonds. The number of anilines is 1. The highest BCUT2D eigenvalue weighted by atomic mass is 32.2. The van der Waals surface area contributed by atoms with Gasteiger partial charge in [-0.2, -0.15) is 0 Å². The number of aromatic nitrogens is 2. The molecular formula is C13H20N4O2S. The fourth-order valence-corrected chi connectivity index (χ4v) is 2.89. The number of nitrogen functional groups attached to an aromatic ring is 1. The number of para-hydroxylation sites is 1. The molecule has 1 heterocycles. The second kappa shape index (κ2) is 5.06. The predicted octanol–water partition coefficient (Wildman–Crippen LogP) is 0.972. The fraction of sp³-hybridized carbons (Fsp3) is 0.462. The Hall–Kier alpha value is -1.60. The van der Waals surface area contributed by atoms with Crippen LogP contribution in [0.4, 0.5) is 5.95 Å². The molecule has 0 aliphatic rings. The molecule has 0 fully saturated rings. The molecular weight excluding hydrogens is 276 g/mol. The number of nitrogens with zero attached hydrogens (tertiary/aromatic N) is 3. The number of hydrogen-bond donors (Lipinski definition) is 1. The molecule has 2 aromatic rings. The number of imidazole rings is 1. The number of likely N-dealkylation sites (N-methyl/N-ethyl adjacent to an activating group) is 1. The van der Waals surface area contributed by atoms with Crippen LogP contribution in [0.25, 0.3) is 11.0 Å². The summed E-state index contributed by atoms with van der Waals surface area (Å²) in [5.74, 6) is 0.338. The van der Waals surface area contributed by atoms with Crippen LogP contribution in [-0.2, 0) is 16.4 Å². The van der Waals surface area contributed by atoms with Crippen molar-refractivity contribution < 1.29 is 8.42 Å². The highest BCUT2D eigenvalue weighted by molar-refractivity contribution is 7.91. The average Bonchev–Trinajstić information content (AvgIpc) is 2.64. The summed E-state index contributed by atoms with van der Waals surface area (Å²) in [6.07, 6.45) is 1.18. The highest BCUT2D eigenvalue weighted by Crippen LogP contribution is 2.25. The lowest BCUT2D eigenvalue weighted by molar-refractivity contribution is 0.287. The smallest absolute Gasteiger partial charge is 0.201 e. The van der Waals surface area contributed by atoms with E-state index in [-0.39, 0.29) is 10.9 Å². The third-order valence-electron chi connectivity index (χ3n) is 3.50. The van der Waals surface area contributed by atoms with E-state index in [0.717, 1.165) is 5.52 Å². The Morgan fingerprint density at radius 3 is 2.60 bits per heavy atom. The largest absolute Gasteiger partial charge is 0.369 e. The minimum atomic E-state index is -3.32. The molecule has 0 aliphatic carbocycles. The second-order valence-electron chi connectivity index (χ2n) is 5.29. The van der Waals surface area contributed by atoms with Gasteiger partial charge in [-0.15, -0.1) is 0 Å². The summed E-state index contributed by atoms with van der Waals surface area (Å²) in [5.41, 5.74) is 7.14. The van der Waals surface area contributed by atoms with Crippen molar-refractivity contribution in [3.8, 4) is 0 Å². The monoisotopic (exact) mass is 296 g/mol. The molecule has 0 radical (unpaired) electrons. The van der Waals surface area contributed by atoms with Crippen molar-refractivity contribution in [2.24, 2.45) is 0 Å². The third kappa shape index (κ3) is 2.64. The van der Waals surface area contributed by atoms with Crippen molar-refractivity contribution in [3.05, 3.63) is 18.2 Å². The maximum atomic E-state index is 11.8. The third-order valence-corrected chi connectivity index (χ3v) is 4.63. The van der Waals surface area contributed by atoms with Gasteiger partial charge in [0, 0.05) is 18.8 Å². The van der Waals surface area contributed by atoms with E-state index in [4.69, 9.17) is 5.73 Å². The Morgan fingerprint density at radius 1 is 1.40 bits per heavy atom. The van der Waals surface area contributed by atoms with Gasteiger partial charge in [-0.25, -0.2) is 13.4 Å². The number of fused-ring (bicyclic) bond motifs is 1. The molecule has 2 rings (SSSR count). The summed E-state index contributed by atoms with van der Waals surface area (Å²) in [6.45, 7) is 2.73. The molecule has 0 saturated heterocycles. The summed E-state index contributed by atoms with van der Waals surface area (Å²) in [5, 5.41) is 0. The number of hydrogen-bond acceptors (Lipinski definition) is 5. The zero-order valence-electron chi connectivity index (χ0n) is 12.2. The molecule has 7 heteroatoms. The van der Waals surface area contributed by atoms with Crippen LogP contribution < -0.4 is 5.73 Å². The van der Waals surface area contributed by atoms with E-state index in [1.54, 1.807) is 12.1 Å². The average molecular weight is 296 g/mol. The van der Waals surface area contributed by atoms with Gasteiger partial charge >= 0.3 is 0 Å². The minimum Gasteiger partial charge on any atom is -0.369 e. The maximum absolute atomic E-state index is 11.8. The topological polar surface area (TPSA) is 81.2 Å². The van der Waals surface area contributed by atoms with Crippen LogP contribution >= 0.6 is 0 Å². The first-order valence-corrected chi connectivity index (χ1v) is 8.22. The van der Waals surface area contributed by atoms with Crippen LogP contribution in [0.15, 0.2) is 23.1 Å². The molecule has 6 nitrogen and oxygen atoms in total. The predicted molar refractivity (Wildman–Crippen MR) is 80.4 cm³/mol. The first kappa shape index (κ1) is 14.8. The quantitative estimate of drug-likeness (QED) is 0.909. The van der Waals surface area contributed by atoms with Crippen LogP contribution in [0.2, 0.25) is 0 Å². The summed E-state index contributed by atoms with van der Waals surface area (Å²) in [6, 6.07) is 5.38. The van der Waals surface area contributed by atoms with Crippen molar-refractivity contribution in [1.82, 2.24) is 14.5 Å². The van der Waals surface area contributed by atoms with Gasteiger partial charge in [0.15, 0.2) is 9.84 Å². The molecule has 2 N–H and O–H groups in total. The van der Waals surface area contributed by atoms with Gasteiger partial charge in [0.25, 0.3) is 0 Å². The van der Waals surface area contributed by atoms with Gasteiger partial charge in [0.2, 0.25) is 5.95 Å². The Labute approximate surface area is 119 Å². The lowest BCUT2D eigenvalue weighted by atomic mass is 10.3. The van der Waals surface area contributed by atoms with E-state index in [2.05, 4.69) is 16.8 Å². The van der Waals surface area contributed by atoms with E-state index in [0.29, 0.717) is 18.0 Å². The van der Waals surface area contributed by atoms with Crippen LogP contribution in [0.5, 0.6) is 0 Å². The molecule has 20 heavy (non-hydrogen) atoms. The fourth-order valence-electron chi connectivity index (χ4n) is 2.06. The minimum absolute atomic E-state index is 0.220. The van der Waals surface area contributed by atoms with E-state index >= 15 is 0 Å². The summed E-state index contributed by atoms with van der Waals surface area (Å²) in [7, 11) is 0.657. The highest BCUT2D eigenvalue weighted by Gasteiger charge is 2.18. The molecule has 0 aliphatic heterocycles. The standard InChI is InChI=1S/C13H20N4O2S/c1-9(16(2)3)8-17-10-6-5-7-11(20(4,18)19)12(10)15-13(17)14/h5-7,9H,8H2,1-4H3,(H2,14,15). The van der Waals surface area contributed by atoms with E-state index in [1.807, 2.05) is 24.7 Å². The number of nitrogens with two attached hydrogens (primary N) is 1. The van der Waals surface area contributed by atoms with Gasteiger partial charge in [-0.1, -0.05) is 6.07 Å². The van der Waals surface area contributed by atoms with Gasteiger partial charge in [-0.3, -0.25) is 0 Å². The van der Waals surface area contributed by atoms with Gasteiger partial charge in [-0.05, 0) is 33.2 Å². The summed E-state index contributed by atoms with van der Waals surface area (Å²) >= 11 is 0. The van der Waals surface area contributed by atoms with E-state index in [1.165, 1.54) is 6.26 Å². The van der Waals surface area contributed by atoms with Crippen LogP contribution in [-0.4, -0.2) is 49.3 Å². The van der Waals surface area contributed by atoms with Gasteiger partial charge in [0.05, 0.1) is 10.4 Å². The van der Waals surface area contributed by atoms with Crippen molar-refractivity contribution in [2.75, 3.05) is 26.1 Å².